The van der Waals surface area contributed by atoms with Crippen molar-refractivity contribution in [2.75, 3.05) is 12.1 Å². The number of amides is 1. The number of ether oxygens (including phenoxy) is 2. The standard InChI is InChI=1S/C21H25NO4/c1-12(23)16-5-18-19(26-11-25-18)6-17(16)22-20(24)10-21-7-13-2-14(8-21)4-15(3-13)9-21/h5-6,13-15H,2-4,7-11H2,1H3,(H,22,24). The quantitative estimate of drug-likeness (QED) is 0.824. The Labute approximate surface area is 153 Å². The molecule has 1 aliphatic heterocycles. The average Bonchev–Trinajstić information content (AvgIpc) is 2.99. The van der Waals surface area contributed by atoms with E-state index in [1.165, 1.54) is 45.4 Å². The van der Waals surface area contributed by atoms with E-state index in [0.717, 1.165) is 17.8 Å². The van der Waals surface area contributed by atoms with Crippen molar-refractivity contribution in [1.29, 1.82) is 0 Å². The molecule has 5 nitrogen and oxygen atoms in total. The van der Waals surface area contributed by atoms with Crippen LogP contribution < -0.4 is 14.8 Å². The third-order valence-electron chi connectivity index (χ3n) is 6.87. The zero-order valence-corrected chi connectivity index (χ0v) is 15.2. The zero-order chi connectivity index (χ0) is 17.9. The van der Waals surface area contributed by atoms with Gasteiger partial charge in [0.1, 0.15) is 0 Å². The van der Waals surface area contributed by atoms with Crippen LogP contribution in [0.5, 0.6) is 11.5 Å². The minimum absolute atomic E-state index is 0.0216. The summed E-state index contributed by atoms with van der Waals surface area (Å²) >= 11 is 0. The fourth-order valence-electron chi connectivity index (χ4n) is 6.38. The van der Waals surface area contributed by atoms with E-state index < -0.39 is 0 Å². The molecule has 0 radical (unpaired) electrons. The van der Waals surface area contributed by atoms with Crippen molar-refractivity contribution in [1.82, 2.24) is 0 Å². The molecule has 5 aliphatic rings. The SMILES string of the molecule is CC(=O)c1cc2c(cc1NC(=O)CC13CC4CC(CC(C4)C1)C3)OCO2. The molecule has 0 aromatic heterocycles. The Morgan fingerprint density at radius 1 is 1.04 bits per heavy atom. The van der Waals surface area contributed by atoms with E-state index in [0.29, 0.717) is 29.2 Å². The van der Waals surface area contributed by atoms with Gasteiger partial charge in [-0.05, 0) is 74.7 Å². The van der Waals surface area contributed by atoms with Crippen LogP contribution in [0.2, 0.25) is 0 Å². The largest absolute Gasteiger partial charge is 0.454 e. The van der Waals surface area contributed by atoms with Gasteiger partial charge in [-0.25, -0.2) is 0 Å². The summed E-state index contributed by atoms with van der Waals surface area (Å²) in [4.78, 5) is 24.9. The van der Waals surface area contributed by atoms with Crippen molar-refractivity contribution in [2.45, 2.75) is 51.9 Å². The van der Waals surface area contributed by atoms with Crippen LogP contribution in [0, 0.1) is 23.2 Å². The highest BCUT2D eigenvalue weighted by atomic mass is 16.7. The zero-order valence-electron chi connectivity index (χ0n) is 15.2. The number of anilines is 1. The molecular formula is C21H25NO4. The lowest BCUT2D eigenvalue weighted by molar-refractivity contribution is -0.124. The molecule has 0 unspecified atom stereocenters. The third kappa shape index (κ3) is 2.68. The van der Waals surface area contributed by atoms with Gasteiger partial charge >= 0.3 is 0 Å². The van der Waals surface area contributed by atoms with Crippen LogP contribution in [0.1, 0.15) is 62.2 Å². The van der Waals surface area contributed by atoms with Gasteiger partial charge in [-0.15, -0.1) is 0 Å². The molecule has 0 atom stereocenters. The summed E-state index contributed by atoms with van der Waals surface area (Å²) in [6, 6.07) is 3.39. The second-order valence-corrected chi connectivity index (χ2v) is 8.95. The van der Waals surface area contributed by atoms with Crippen molar-refractivity contribution < 1.29 is 19.1 Å². The lowest BCUT2D eigenvalue weighted by Crippen LogP contribution is -2.47. The van der Waals surface area contributed by atoms with Crippen molar-refractivity contribution in [3.8, 4) is 11.5 Å². The lowest BCUT2D eigenvalue weighted by atomic mass is 9.49. The summed E-state index contributed by atoms with van der Waals surface area (Å²) in [5.41, 5.74) is 1.20. The summed E-state index contributed by atoms with van der Waals surface area (Å²) in [5.74, 6) is 3.56. The second-order valence-electron chi connectivity index (χ2n) is 8.95. The van der Waals surface area contributed by atoms with E-state index in [9.17, 15) is 9.59 Å². The summed E-state index contributed by atoms with van der Waals surface area (Å²) in [7, 11) is 0. The highest BCUT2D eigenvalue weighted by Gasteiger charge is 2.51. The average molecular weight is 355 g/mol. The number of carbonyl (C=O) groups is 2. The van der Waals surface area contributed by atoms with Gasteiger partial charge < -0.3 is 14.8 Å². The molecule has 1 amide bonds. The Balaban J connectivity index is 1.35. The normalized spacial score (nSPS) is 33.3. The topological polar surface area (TPSA) is 64.6 Å². The Morgan fingerprint density at radius 2 is 1.62 bits per heavy atom. The molecule has 1 aromatic rings. The van der Waals surface area contributed by atoms with E-state index in [2.05, 4.69) is 5.32 Å². The van der Waals surface area contributed by atoms with Crippen LogP contribution in [0.25, 0.3) is 0 Å². The Bertz CT molecular complexity index is 749. The minimum Gasteiger partial charge on any atom is -0.454 e. The monoisotopic (exact) mass is 355 g/mol. The van der Waals surface area contributed by atoms with E-state index >= 15 is 0 Å². The Hall–Kier alpha value is -2.04. The maximum atomic E-state index is 12.9. The third-order valence-corrected chi connectivity index (χ3v) is 6.87. The molecule has 0 saturated heterocycles. The Morgan fingerprint density at radius 3 is 2.19 bits per heavy atom. The predicted molar refractivity (Wildman–Crippen MR) is 96.4 cm³/mol. The van der Waals surface area contributed by atoms with Crippen molar-refractivity contribution in [2.24, 2.45) is 23.2 Å². The van der Waals surface area contributed by atoms with Gasteiger partial charge in [-0.1, -0.05) is 0 Å². The maximum absolute atomic E-state index is 12.9. The highest BCUT2D eigenvalue weighted by Crippen LogP contribution is 2.61. The first-order chi connectivity index (χ1) is 12.5. The van der Waals surface area contributed by atoms with Gasteiger partial charge in [0.2, 0.25) is 12.7 Å². The summed E-state index contributed by atoms with van der Waals surface area (Å²) in [6.45, 7) is 1.66. The van der Waals surface area contributed by atoms with E-state index in [1.54, 1.807) is 12.1 Å². The van der Waals surface area contributed by atoms with E-state index in [4.69, 9.17) is 9.47 Å². The summed E-state index contributed by atoms with van der Waals surface area (Å²) < 4.78 is 10.8. The molecule has 6 rings (SSSR count). The molecule has 4 fully saturated rings. The first-order valence-corrected chi connectivity index (χ1v) is 9.74. The van der Waals surface area contributed by atoms with Gasteiger partial charge in [0.25, 0.3) is 0 Å². The number of Topliss-reactive ketones (excluding diaryl/α,β-unsaturated/α-hetero) is 1. The molecule has 1 N–H and O–H groups in total. The van der Waals surface area contributed by atoms with Crippen LogP contribution in [-0.2, 0) is 4.79 Å². The van der Waals surface area contributed by atoms with Crippen LogP contribution in [-0.4, -0.2) is 18.5 Å². The molecule has 4 bridgehead atoms. The summed E-state index contributed by atoms with van der Waals surface area (Å²) in [6.07, 6.45) is 8.29. The Kier molecular flexibility index (Phi) is 3.56. The number of nitrogens with one attached hydrogen (secondary N) is 1. The lowest BCUT2D eigenvalue weighted by Gasteiger charge is -2.56. The number of hydrogen-bond acceptors (Lipinski definition) is 4. The molecule has 4 aliphatic carbocycles. The molecule has 1 heterocycles. The first-order valence-electron chi connectivity index (χ1n) is 9.74. The van der Waals surface area contributed by atoms with E-state index in [-0.39, 0.29) is 23.9 Å². The van der Waals surface area contributed by atoms with Crippen molar-refractivity contribution in [3.63, 3.8) is 0 Å². The first kappa shape index (κ1) is 16.2. The van der Waals surface area contributed by atoms with Gasteiger partial charge in [-0.3, -0.25) is 9.59 Å². The second kappa shape index (κ2) is 5.73. The molecule has 26 heavy (non-hydrogen) atoms. The molecule has 4 saturated carbocycles. The van der Waals surface area contributed by atoms with Crippen LogP contribution in [0.15, 0.2) is 12.1 Å². The van der Waals surface area contributed by atoms with Gasteiger partial charge in [0.05, 0.1) is 5.69 Å². The molecular weight excluding hydrogens is 330 g/mol. The predicted octanol–water partition coefficient (Wildman–Crippen LogP) is 4.16. The number of ketones is 1. The molecule has 1 aromatic carbocycles. The fraction of sp³-hybridized carbons (Fsp3) is 0.619. The van der Waals surface area contributed by atoms with Crippen molar-refractivity contribution in [3.05, 3.63) is 17.7 Å². The van der Waals surface area contributed by atoms with Crippen LogP contribution >= 0.6 is 0 Å². The van der Waals surface area contributed by atoms with Crippen LogP contribution in [0.3, 0.4) is 0 Å². The number of carbonyl (C=O) groups excluding carboxylic acids is 2. The maximum Gasteiger partial charge on any atom is 0.231 e. The molecule has 138 valence electrons. The number of fused-ring (bicyclic) bond motifs is 1. The smallest absolute Gasteiger partial charge is 0.231 e. The van der Waals surface area contributed by atoms with Crippen LogP contribution in [0.4, 0.5) is 5.69 Å². The number of rotatable bonds is 4. The van der Waals surface area contributed by atoms with Gasteiger partial charge in [0.15, 0.2) is 17.3 Å². The highest BCUT2D eigenvalue weighted by molar-refractivity contribution is 6.04. The molecule has 0 spiro atoms. The fourth-order valence-corrected chi connectivity index (χ4v) is 6.38. The van der Waals surface area contributed by atoms with Gasteiger partial charge in [-0.2, -0.15) is 0 Å². The number of benzene rings is 1. The molecule has 5 heteroatoms. The summed E-state index contributed by atoms with van der Waals surface area (Å²) in [5, 5.41) is 3.00. The number of hydrogen-bond donors (Lipinski definition) is 1. The van der Waals surface area contributed by atoms with Crippen molar-refractivity contribution >= 4 is 17.4 Å². The van der Waals surface area contributed by atoms with E-state index in [1.807, 2.05) is 0 Å². The van der Waals surface area contributed by atoms with Gasteiger partial charge in [0, 0.05) is 18.1 Å². The minimum atomic E-state index is -0.0894.